The van der Waals surface area contributed by atoms with Crippen LogP contribution in [-0.2, 0) is 0 Å². The molecular weight excluding hydrogens is 305 g/mol. The molecule has 0 spiro atoms. The summed E-state index contributed by atoms with van der Waals surface area (Å²) in [5.41, 5.74) is 0. The van der Waals surface area contributed by atoms with Gasteiger partial charge in [-0.2, -0.15) is 14.7 Å². The Kier molecular flexibility index (Phi) is 4.12. The Morgan fingerprint density at radius 1 is 1.18 bits per heavy atom. The first-order chi connectivity index (χ1) is 10.8. The van der Waals surface area contributed by atoms with Gasteiger partial charge in [-0.1, -0.05) is 18.2 Å². The van der Waals surface area contributed by atoms with Crippen LogP contribution in [0.1, 0.15) is 0 Å². The van der Waals surface area contributed by atoms with E-state index in [-0.39, 0.29) is 11.6 Å². The van der Waals surface area contributed by atoms with E-state index in [1.54, 1.807) is 12.1 Å². The van der Waals surface area contributed by atoms with Crippen molar-refractivity contribution in [3.05, 3.63) is 54.3 Å². The van der Waals surface area contributed by atoms with Gasteiger partial charge in [0, 0.05) is 18.0 Å². The average molecular weight is 315 g/mol. The van der Waals surface area contributed by atoms with Gasteiger partial charge in [0.2, 0.25) is 11.6 Å². The first kappa shape index (κ1) is 14.2. The Bertz CT molecular complexity index is 746. The Morgan fingerprint density at radius 2 is 2.00 bits per heavy atom. The fourth-order valence-electron chi connectivity index (χ4n) is 1.77. The number of halogens is 1. The van der Waals surface area contributed by atoms with Crippen LogP contribution in [0.25, 0.3) is 0 Å². The van der Waals surface area contributed by atoms with E-state index in [1.165, 1.54) is 35.2 Å². The number of hydrogen-bond acceptors (Lipinski definition) is 6. The van der Waals surface area contributed by atoms with Crippen LogP contribution in [0.5, 0.6) is 17.2 Å². The lowest BCUT2D eigenvalue weighted by Gasteiger charge is -2.18. The van der Waals surface area contributed by atoms with Crippen molar-refractivity contribution in [2.24, 2.45) is 4.40 Å². The van der Waals surface area contributed by atoms with Crippen LogP contribution >= 0.6 is 11.9 Å². The highest BCUT2D eigenvalue weighted by atomic mass is 32.2. The van der Waals surface area contributed by atoms with Crippen molar-refractivity contribution in [1.82, 2.24) is 5.06 Å². The van der Waals surface area contributed by atoms with Crippen molar-refractivity contribution in [3.8, 4) is 23.3 Å². The standard InChI is InChI=1S/C15H10FN3O2S/c16-11-6-7-13(20-12-4-2-1-3-5-12)14(8-11)21-19-10-22-18-15(19)9-17/h1-8H,10H2. The predicted molar refractivity (Wildman–Crippen MR) is 80.9 cm³/mol. The molecule has 0 radical (unpaired) electrons. The van der Waals surface area contributed by atoms with E-state index in [0.717, 1.165) is 0 Å². The lowest BCUT2D eigenvalue weighted by atomic mass is 10.3. The monoisotopic (exact) mass is 315 g/mol. The summed E-state index contributed by atoms with van der Waals surface area (Å²) >= 11 is 1.18. The molecule has 110 valence electrons. The minimum Gasteiger partial charge on any atom is -0.453 e. The van der Waals surface area contributed by atoms with Crippen LogP contribution in [0.3, 0.4) is 0 Å². The maximum atomic E-state index is 13.5. The second kappa shape index (κ2) is 6.37. The molecule has 0 atom stereocenters. The molecule has 2 aromatic carbocycles. The van der Waals surface area contributed by atoms with Crippen molar-refractivity contribution in [2.45, 2.75) is 0 Å². The average Bonchev–Trinajstić information content (AvgIpc) is 2.98. The number of hydrogen-bond donors (Lipinski definition) is 0. The van der Waals surface area contributed by atoms with E-state index in [1.807, 2.05) is 24.3 Å². The third-order valence-corrected chi connectivity index (χ3v) is 3.40. The molecule has 1 heterocycles. The largest absolute Gasteiger partial charge is 0.453 e. The van der Waals surface area contributed by atoms with Crippen molar-refractivity contribution < 1.29 is 14.0 Å². The van der Waals surface area contributed by atoms with Gasteiger partial charge in [-0.25, -0.2) is 4.39 Å². The number of ether oxygens (including phenoxy) is 1. The van der Waals surface area contributed by atoms with Gasteiger partial charge >= 0.3 is 0 Å². The summed E-state index contributed by atoms with van der Waals surface area (Å²) in [7, 11) is 0. The minimum absolute atomic E-state index is 0.125. The van der Waals surface area contributed by atoms with Gasteiger partial charge < -0.3 is 9.57 Å². The molecule has 3 rings (SSSR count). The molecular formula is C15H10FN3O2S. The van der Waals surface area contributed by atoms with Crippen molar-refractivity contribution in [1.29, 1.82) is 5.26 Å². The van der Waals surface area contributed by atoms with E-state index < -0.39 is 5.82 Å². The molecule has 0 fully saturated rings. The molecule has 0 N–H and O–H groups in total. The zero-order valence-corrected chi connectivity index (χ0v) is 12.1. The fourth-order valence-corrected chi connectivity index (χ4v) is 2.36. The number of rotatable bonds is 4. The highest BCUT2D eigenvalue weighted by Gasteiger charge is 2.21. The molecule has 0 saturated heterocycles. The first-order valence-electron chi connectivity index (χ1n) is 6.34. The topological polar surface area (TPSA) is 57.9 Å². The van der Waals surface area contributed by atoms with Gasteiger partial charge in [0.1, 0.15) is 23.5 Å². The molecule has 5 nitrogen and oxygen atoms in total. The number of benzene rings is 2. The fraction of sp³-hybridized carbons (Fsp3) is 0.0667. The molecule has 0 unspecified atom stereocenters. The van der Waals surface area contributed by atoms with Gasteiger partial charge in [0.05, 0.1) is 0 Å². The van der Waals surface area contributed by atoms with Crippen molar-refractivity contribution in [3.63, 3.8) is 0 Å². The lowest BCUT2D eigenvalue weighted by Crippen LogP contribution is -2.29. The normalized spacial score (nSPS) is 13.5. The molecule has 22 heavy (non-hydrogen) atoms. The second-order valence-electron chi connectivity index (χ2n) is 4.26. The number of amidine groups is 1. The summed E-state index contributed by atoms with van der Waals surface area (Å²) in [6.07, 6.45) is 0. The Hall–Kier alpha value is -2.72. The van der Waals surface area contributed by atoms with Crippen LogP contribution in [0.15, 0.2) is 52.9 Å². The second-order valence-corrected chi connectivity index (χ2v) is 4.96. The molecule has 0 bridgehead atoms. The van der Waals surface area contributed by atoms with Crippen LogP contribution in [0.2, 0.25) is 0 Å². The van der Waals surface area contributed by atoms with E-state index >= 15 is 0 Å². The smallest absolute Gasteiger partial charge is 0.249 e. The van der Waals surface area contributed by atoms with E-state index in [4.69, 9.17) is 14.8 Å². The summed E-state index contributed by atoms with van der Waals surface area (Å²) < 4.78 is 23.1. The summed E-state index contributed by atoms with van der Waals surface area (Å²) in [6, 6.07) is 15.0. The van der Waals surface area contributed by atoms with Crippen molar-refractivity contribution in [2.75, 3.05) is 5.88 Å². The van der Waals surface area contributed by atoms with Crippen LogP contribution in [0, 0.1) is 17.1 Å². The Morgan fingerprint density at radius 3 is 2.77 bits per heavy atom. The number of hydroxylamine groups is 2. The summed E-state index contributed by atoms with van der Waals surface area (Å²) in [5, 5.41) is 10.2. The summed E-state index contributed by atoms with van der Waals surface area (Å²) in [5.74, 6) is 1.14. The van der Waals surface area contributed by atoms with Crippen molar-refractivity contribution >= 4 is 17.8 Å². The first-order valence-corrected chi connectivity index (χ1v) is 7.28. The predicted octanol–water partition coefficient (Wildman–Crippen LogP) is 3.76. The summed E-state index contributed by atoms with van der Waals surface area (Å²) in [6.45, 7) is 0. The van der Waals surface area contributed by atoms with Crippen LogP contribution in [0.4, 0.5) is 4.39 Å². The highest BCUT2D eigenvalue weighted by molar-refractivity contribution is 7.98. The molecule has 0 aliphatic carbocycles. The SMILES string of the molecule is N#CC1=NSCN1Oc1cc(F)ccc1Oc1ccccc1. The molecule has 0 aromatic heterocycles. The number of nitriles is 1. The molecule has 0 saturated carbocycles. The zero-order valence-electron chi connectivity index (χ0n) is 11.3. The minimum atomic E-state index is -0.460. The molecule has 1 aliphatic rings. The zero-order chi connectivity index (χ0) is 15.4. The molecule has 0 amide bonds. The van der Waals surface area contributed by atoms with Gasteiger partial charge in [0.15, 0.2) is 5.75 Å². The molecule has 7 heteroatoms. The van der Waals surface area contributed by atoms with Crippen LogP contribution in [-0.4, -0.2) is 16.8 Å². The van der Waals surface area contributed by atoms with Gasteiger partial charge in [0.25, 0.3) is 0 Å². The van der Waals surface area contributed by atoms with E-state index in [0.29, 0.717) is 17.4 Å². The van der Waals surface area contributed by atoms with Gasteiger partial charge in [-0.3, -0.25) is 0 Å². The maximum Gasteiger partial charge on any atom is 0.249 e. The quantitative estimate of drug-likeness (QED) is 0.804. The van der Waals surface area contributed by atoms with E-state index in [2.05, 4.69) is 4.40 Å². The van der Waals surface area contributed by atoms with E-state index in [9.17, 15) is 4.39 Å². The molecule has 1 aliphatic heterocycles. The lowest BCUT2D eigenvalue weighted by molar-refractivity contribution is 0.0419. The Labute approximate surface area is 130 Å². The summed E-state index contributed by atoms with van der Waals surface area (Å²) in [4.78, 5) is 5.56. The third-order valence-electron chi connectivity index (χ3n) is 2.75. The number of para-hydroxylation sites is 1. The van der Waals surface area contributed by atoms with Crippen LogP contribution < -0.4 is 9.57 Å². The highest BCUT2D eigenvalue weighted by Crippen LogP contribution is 2.33. The maximum absolute atomic E-state index is 13.5. The van der Waals surface area contributed by atoms with Gasteiger partial charge in [-0.05, 0) is 24.3 Å². The Balaban J connectivity index is 1.85. The number of nitrogens with zero attached hydrogens (tertiary/aromatic N) is 3. The van der Waals surface area contributed by atoms with Gasteiger partial charge in [-0.15, -0.1) is 0 Å². The molecule has 2 aromatic rings. The third kappa shape index (κ3) is 3.13.